The molecule has 93 heavy (non-hydrogen) atoms. The number of aliphatic hydroxyl groups is 2. The average molecular weight is 1330 g/mol. The summed E-state index contributed by atoms with van der Waals surface area (Å²) in [7, 11) is 2.31. The van der Waals surface area contributed by atoms with E-state index in [0.29, 0.717) is 84.5 Å². The van der Waals surface area contributed by atoms with E-state index in [9.17, 15) is 24.6 Å². The van der Waals surface area contributed by atoms with Gasteiger partial charge in [-0.2, -0.15) is 10.1 Å². The van der Waals surface area contributed by atoms with Gasteiger partial charge in [-0.25, -0.2) is 18.9 Å². The number of rotatable bonds is 23. The largest absolute Gasteiger partial charge is 0.518 e. The van der Waals surface area contributed by atoms with Crippen molar-refractivity contribution in [1.82, 2.24) is 20.8 Å². The summed E-state index contributed by atoms with van der Waals surface area (Å²) in [6, 6.07) is 30.2. The lowest BCUT2D eigenvalue weighted by Crippen LogP contribution is -2.50. The molecule has 4 aromatic rings. The minimum Gasteiger partial charge on any atom is -0.486 e. The van der Waals surface area contributed by atoms with Gasteiger partial charge < -0.3 is 77.5 Å². The maximum Gasteiger partial charge on any atom is 0.518 e. The molecule has 2 amide bonds. The molecular weight excluding hydrogens is 1240 g/mol. The first-order valence-electron chi connectivity index (χ1n) is 32.6. The van der Waals surface area contributed by atoms with Crippen molar-refractivity contribution in [3.8, 4) is 23.0 Å². The molecule has 24 nitrogen and oxygen atoms in total. The zero-order valence-corrected chi connectivity index (χ0v) is 55.4. The van der Waals surface area contributed by atoms with Crippen LogP contribution in [0.3, 0.4) is 0 Å². The Morgan fingerprint density at radius 1 is 0.570 bits per heavy atom. The van der Waals surface area contributed by atoms with Crippen molar-refractivity contribution < 1.29 is 90.9 Å². The van der Waals surface area contributed by atoms with Gasteiger partial charge in [0.25, 0.3) is 8.60 Å². The summed E-state index contributed by atoms with van der Waals surface area (Å²) in [5.74, 6) is 3.09. The lowest BCUT2D eigenvalue weighted by Gasteiger charge is -2.32. The van der Waals surface area contributed by atoms with Crippen molar-refractivity contribution in [2.45, 2.75) is 178 Å². The number of aliphatic hydroxyl groups excluding tert-OH is 2. The van der Waals surface area contributed by atoms with Crippen molar-refractivity contribution in [3.63, 3.8) is 0 Å². The van der Waals surface area contributed by atoms with Gasteiger partial charge in [-0.3, -0.25) is 9.68 Å². The highest BCUT2D eigenvalue weighted by Gasteiger charge is 2.45. The van der Waals surface area contributed by atoms with E-state index in [1.165, 1.54) is 0 Å². The molecule has 11 atom stereocenters. The van der Waals surface area contributed by atoms with Gasteiger partial charge in [-0.1, -0.05) is 98.5 Å². The molecule has 0 bridgehead atoms. The SMILES string of the molecule is CC(C)(C)OC(=O)NC(Cc1ccccc1)C(O)CN(Cc1ccc2c(c1)OCCO2)OC1CCCC1.O=C(NC(Cc1ccccc1)C(O)CN(Cc1ccc2c(c1)OCCO2)OC1CCCC1)OC1COC2OCCC12.O=C(OP=NP)OC1COC2OCCC12. The lowest BCUT2D eigenvalue weighted by molar-refractivity contribution is -0.215. The molecule has 4 aromatic carbocycles. The van der Waals surface area contributed by atoms with Crippen molar-refractivity contribution in [2.75, 3.05) is 65.9 Å². The first-order valence-corrected chi connectivity index (χ1v) is 33.9. The maximum absolute atomic E-state index is 13.1. The number of hydrogen-bond acceptors (Lipinski definition) is 22. The summed E-state index contributed by atoms with van der Waals surface area (Å²) in [5.41, 5.74) is 3.36. The van der Waals surface area contributed by atoms with E-state index >= 15 is 0 Å². The van der Waals surface area contributed by atoms with E-state index in [1.807, 2.05) is 128 Å². The summed E-state index contributed by atoms with van der Waals surface area (Å²) < 4.78 is 69.1. The third-order valence-electron chi connectivity index (χ3n) is 17.1. The topological polar surface area (TPSA) is 264 Å². The smallest absolute Gasteiger partial charge is 0.486 e. The molecule has 4 N–H and O–H groups in total. The highest BCUT2D eigenvalue weighted by Crippen LogP contribution is 2.37. The number of hydroxylamine groups is 4. The fraction of sp³-hybridized carbons (Fsp3) is 0.597. The zero-order valence-electron chi connectivity index (χ0n) is 53.3. The van der Waals surface area contributed by atoms with Gasteiger partial charge >= 0.3 is 18.3 Å². The third kappa shape index (κ3) is 21.8. The second kappa shape index (κ2) is 35.1. The van der Waals surface area contributed by atoms with Gasteiger partial charge in [-0.15, -0.1) is 0 Å². The Balaban J connectivity index is 0.000000167. The molecule has 6 aliphatic heterocycles. The monoisotopic (exact) mass is 1330 g/mol. The summed E-state index contributed by atoms with van der Waals surface area (Å²) in [6.45, 7) is 10.9. The quantitative estimate of drug-likeness (QED) is 0.0233. The molecule has 8 aliphatic rings. The minimum absolute atomic E-state index is 0.0412. The molecule has 6 fully saturated rings. The normalized spacial score (nSPS) is 23.6. The molecule has 0 radical (unpaired) electrons. The lowest BCUT2D eigenvalue weighted by atomic mass is 10.0. The Bertz CT molecular complexity index is 3000. The van der Waals surface area contributed by atoms with Crippen LogP contribution in [0.15, 0.2) is 102 Å². The Morgan fingerprint density at radius 2 is 1.01 bits per heavy atom. The van der Waals surface area contributed by atoms with Crippen molar-refractivity contribution >= 4 is 36.3 Å². The van der Waals surface area contributed by atoms with E-state index in [0.717, 1.165) is 104 Å². The Kier molecular flexibility index (Phi) is 26.4. The number of carbonyl (C=O) groups is 3. The van der Waals surface area contributed by atoms with Crippen LogP contribution in [0.4, 0.5) is 14.4 Å². The predicted molar refractivity (Wildman–Crippen MR) is 343 cm³/mol. The van der Waals surface area contributed by atoms with Crippen LogP contribution in [-0.2, 0) is 73.3 Å². The molecule has 508 valence electrons. The molecule has 11 unspecified atom stereocenters. The number of ether oxygens (including phenoxy) is 11. The van der Waals surface area contributed by atoms with Crippen molar-refractivity contribution in [2.24, 2.45) is 16.4 Å². The van der Waals surface area contributed by atoms with Gasteiger partial charge in [0.2, 0.25) is 0 Å². The Morgan fingerprint density at radius 3 is 1.46 bits per heavy atom. The molecule has 4 saturated heterocycles. The van der Waals surface area contributed by atoms with Gasteiger partial charge in [0.1, 0.15) is 44.2 Å². The van der Waals surface area contributed by atoms with E-state index in [4.69, 9.17) is 61.8 Å². The van der Waals surface area contributed by atoms with Crippen LogP contribution in [0.2, 0.25) is 0 Å². The molecule has 12 rings (SSSR count). The number of nitrogens with one attached hydrogen (secondary N) is 2. The van der Waals surface area contributed by atoms with Gasteiger partial charge in [-0.05, 0) is 128 Å². The number of benzene rings is 4. The second-order valence-electron chi connectivity index (χ2n) is 25.3. The van der Waals surface area contributed by atoms with Crippen molar-refractivity contribution in [1.29, 1.82) is 0 Å². The van der Waals surface area contributed by atoms with E-state index in [-0.39, 0.29) is 70.5 Å². The average Bonchev–Trinajstić information content (AvgIpc) is 2.05. The van der Waals surface area contributed by atoms with E-state index in [2.05, 4.69) is 29.1 Å². The number of amides is 2. The number of alkyl carbamates (subject to hydrolysis) is 2. The maximum atomic E-state index is 13.1. The predicted octanol–water partition coefficient (Wildman–Crippen LogP) is 9.96. The van der Waals surface area contributed by atoms with Crippen LogP contribution < -0.4 is 29.6 Å². The van der Waals surface area contributed by atoms with Crippen LogP contribution in [0, 0.1) is 11.8 Å². The summed E-state index contributed by atoms with van der Waals surface area (Å²) >= 11 is 0. The van der Waals surface area contributed by atoms with E-state index in [1.54, 1.807) is 0 Å². The number of nitrogens with zero attached hydrogens (tertiary/aromatic N) is 3. The second-order valence-corrected chi connectivity index (χ2v) is 26.6. The van der Waals surface area contributed by atoms with Gasteiger partial charge in [0.15, 0.2) is 35.6 Å². The number of fused-ring (bicyclic) bond motifs is 4. The summed E-state index contributed by atoms with van der Waals surface area (Å²) in [6.07, 6.45) is 6.48. The van der Waals surface area contributed by atoms with Crippen LogP contribution in [0.25, 0.3) is 0 Å². The first-order chi connectivity index (χ1) is 45.2. The minimum atomic E-state index is -0.927. The Labute approximate surface area is 548 Å². The van der Waals surface area contributed by atoms with Crippen LogP contribution in [0.1, 0.15) is 107 Å². The van der Waals surface area contributed by atoms with Gasteiger partial charge in [0, 0.05) is 13.1 Å². The van der Waals surface area contributed by atoms with Crippen LogP contribution >= 0.6 is 18.0 Å². The van der Waals surface area contributed by atoms with E-state index < -0.39 is 48.2 Å². The van der Waals surface area contributed by atoms with Crippen LogP contribution in [-0.4, -0.2) is 172 Å². The standard InChI is InChI=1S/C31H40N2O8.C29H40N2O6.C7H11NO5P2/c34-26(19-33(41-23-8-4-5-9-23)18-22-10-11-27-28(17-22)37-15-14-36-27)25(16-21-6-2-1-3-7-21)32-31(35)40-29-20-39-30-24(29)12-13-38-30;1-29(2,3)36-28(33)30-24(17-21-9-5-4-6-10-21)25(32)20-31(37-23-11-7-8-12-23)19-22-13-14-26-27(18-22)35-16-15-34-26;9-7(13-15-8-14)12-5-3-11-6-4(5)1-2-10-6/h1-3,6-7,10-11,17,23-26,29-30,34H,4-5,8-9,12-16,18-20H2,(H,32,35);4-6,9-10,13-14,18,23-25,32H,7-8,11-12,15-17,19-20H2,1-3H3,(H,30,33);4-6H,1-3,14H2. The Hall–Kier alpha value is -5.98. The molecule has 2 aliphatic carbocycles. The molecule has 6 heterocycles. The first kappa shape index (κ1) is 69.8. The fourth-order valence-electron chi connectivity index (χ4n) is 12.5. The zero-order chi connectivity index (χ0) is 64.9. The molecule has 0 aromatic heterocycles. The number of hydrogen-bond donors (Lipinski definition) is 4. The molecular formula is C67H91N5O19P2. The molecule has 2 saturated carbocycles. The van der Waals surface area contributed by atoms with Crippen LogP contribution in [0.5, 0.6) is 23.0 Å². The molecule has 0 spiro atoms. The third-order valence-corrected chi connectivity index (χ3v) is 17.7. The summed E-state index contributed by atoms with van der Waals surface area (Å²) in [5, 5.41) is 32.4. The highest BCUT2D eigenvalue weighted by molar-refractivity contribution is 7.31. The van der Waals surface area contributed by atoms with Gasteiger partial charge in [0.05, 0.1) is 87.9 Å². The number of carbonyl (C=O) groups excluding carboxylic acids is 3. The molecule has 26 heteroatoms. The summed E-state index contributed by atoms with van der Waals surface area (Å²) in [4.78, 5) is 49.6. The fourth-order valence-corrected chi connectivity index (χ4v) is 12.8. The highest BCUT2D eigenvalue weighted by atomic mass is 31.1. The van der Waals surface area contributed by atoms with Crippen molar-refractivity contribution in [3.05, 3.63) is 119 Å².